The van der Waals surface area contributed by atoms with Gasteiger partial charge in [0.2, 0.25) is 6.79 Å². The van der Waals surface area contributed by atoms with Crippen molar-refractivity contribution in [2.24, 2.45) is 0 Å². The van der Waals surface area contributed by atoms with E-state index in [9.17, 15) is 4.79 Å². The van der Waals surface area contributed by atoms with E-state index in [0.29, 0.717) is 12.3 Å². The van der Waals surface area contributed by atoms with Crippen LogP contribution in [-0.4, -0.2) is 25.9 Å². The number of ether oxygens (including phenoxy) is 3. The fraction of sp³-hybridized carbons (Fsp3) is 0.381. The third-order valence-corrected chi connectivity index (χ3v) is 4.73. The summed E-state index contributed by atoms with van der Waals surface area (Å²) in [6, 6.07) is 11.7. The smallest absolute Gasteiger partial charge is 0.257 e. The lowest BCUT2D eigenvalue weighted by Crippen LogP contribution is -2.38. The molecule has 1 heterocycles. The maximum Gasteiger partial charge on any atom is 0.257 e. The van der Waals surface area contributed by atoms with Crippen LogP contribution >= 0.6 is 0 Å². The van der Waals surface area contributed by atoms with E-state index in [0.717, 1.165) is 22.6 Å². The summed E-state index contributed by atoms with van der Waals surface area (Å²) in [5.74, 6) is 2.07. The van der Waals surface area contributed by atoms with Gasteiger partial charge in [-0.3, -0.25) is 4.79 Å². The number of nitrogens with one attached hydrogen (secondary N) is 1. The second-order valence-electron chi connectivity index (χ2n) is 7.26. The number of hydrogen-bond donors (Lipinski definition) is 1. The van der Waals surface area contributed by atoms with Gasteiger partial charge in [0.1, 0.15) is 5.75 Å². The lowest BCUT2D eigenvalue weighted by Gasteiger charge is -2.26. The van der Waals surface area contributed by atoms with Gasteiger partial charge in [0.25, 0.3) is 5.91 Å². The Hall–Kier alpha value is -2.69. The molecule has 2 aromatic rings. The Labute approximate surface area is 154 Å². The van der Waals surface area contributed by atoms with Crippen LogP contribution in [0.1, 0.15) is 30.5 Å². The van der Waals surface area contributed by atoms with E-state index in [2.05, 4.69) is 19.2 Å². The van der Waals surface area contributed by atoms with Crippen molar-refractivity contribution in [1.82, 2.24) is 5.32 Å². The van der Waals surface area contributed by atoms with Crippen LogP contribution in [0.25, 0.3) is 0 Å². The molecule has 0 aliphatic carbocycles. The molecule has 0 bridgehead atoms. The first-order valence-corrected chi connectivity index (χ1v) is 8.72. The van der Waals surface area contributed by atoms with Crippen LogP contribution < -0.4 is 19.5 Å². The molecule has 5 heteroatoms. The molecule has 0 radical (unpaired) electrons. The quantitative estimate of drug-likeness (QED) is 0.862. The Balaban J connectivity index is 1.53. The van der Waals surface area contributed by atoms with Gasteiger partial charge in [-0.25, -0.2) is 0 Å². The minimum atomic E-state index is -0.239. The monoisotopic (exact) mass is 355 g/mol. The molecule has 0 spiro atoms. The van der Waals surface area contributed by atoms with E-state index in [1.807, 2.05) is 50.2 Å². The average molecular weight is 355 g/mol. The fourth-order valence-corrected chi connectivity index (χ4v) is 2.74. The van der Waals surface area contributed by atoms with E-state index < -0.39 is 0 Å². The van der Waals surface area contributed by atoms with E-state index in [1.54, 1.807) is 0 Å². The molecule has 2 aromatic carbocycles. The van der Waals surface area contributed by atoms with Gasteiger partial charge < -0.3 is 19.5 Å². The number of carbonyl (C=O) groups excluding carboxylic acids is 1. The van der Waals surface area contributed by atoms with Crippen LogP contribution in [0.2, 0.25) is 0 Å². The second-order valence-corrected chi connectivity index (χ2v) is 7.26. The van der Waals surface area contributed by atoms with Gasteiger partial charge in [0.05, 0.1) is 0 Å². The zero-order valence-corrected chi connectivity index (χ0v) is 15.7. The minimum absolute atomic E-state index is 0.000278. The summed E-state index contributed by atoms with van der Waals surface area (Å²) in [5.41, 5.74) is 3.19. The Bertz CT molecular complexity index is 814. The van der Waals surface area contributed by atoms with Crippen LogP contribution in [0.3, 0.4) is 0 Å². The van der Waals surface area contributed by atoms with Gasteiger partial charge in [-0.05, 0) is 54.8 Å². The molecule has 0 saturated carbocycles. The SMILES string of the molecule is Cc1ccc(OCC(=O)NCC(C)(C)c2ccc3c(c2)OCO3)cc1C. The number of aryl methyl sites for hydroxylation is 2. The van der Waals surface area contributed by atoms with Crippen LogP contribution in [-0.2, 0) is 10.2 Å². The fourth-order valence-electron chi connectivity index (χ4n) is 2.74. The molecule has 0 fully saturated rings. The van der Waals surface area contributed by atoms with Gasteiger partial charge >= 0.3 is 0 Å². The first kappa shape index (κ1) is 18.1. The Morgan fingerprint density at radius 1 is 1.08 bits per heavy atom. The largest absolute Gasteiger partial charge is 0.484 e. The van der Waals surface area contributed by atoms with E-state index in [4.69, 9.17) is 14.2 Å². The highest BCUT2D eigenvalue weighted by atomic mass is 16.7. The second kappa shape index (κ2) is 7.28. The molecular formula is C21H25NO4. The van der Waals surface area contributed by atoms with Crippen LogP contribution in [0.5, 0.6) is 17.2 Å². The van der Waals surface area contributed by atoms with Crippen molar-refractivity contribution < 1.29 is 19.0 Å². The summed E-state index contributed by atoms with van der Waals surface area (Å²) >= 11 is 0. The zero-order chi connectivity index (χ0) is 18.7. The van der Waals surface area contributed by atoms with Crippen molar-refractivity contribution in [3.63, 3.8) is 0 Å². The van der Waals surface area contributed by atoms with E-state index in [1.165, 1.54) is 5.56 Å². The third kappa shape index (κ3) is 4.10. The van der Waals surface area contributed by atoms with Crippen molar-refractivity contribution in [2.45, 2.75) is 33.1 Å². The Kier molecular flexibility index (Phi) is 5.07. The normalized spacial score (nSPS) is 12.8. The predicted molar refractivity (Wildman–Crippen MR) is 100 cm³/mol. The average Bonchev–Trinajstić information content (AvgIpc) is 3.09. The van der Waals surface area contributed by atoms with E-state index in [-0.39, 0.29) is 24.7 Å². The highest BCUT2D eigenvalue weighted by Gasteiger charge is 2.24. The predicted octanol–water partition coefficient (Wildman–Crippen LogP) is 3.50. The molecule has 1 aliphatic rings. The summed E-state index contributed by atoms with van der Waals surface area (Å²) in [4.78, 5) is 12.2. The number of amides is 1. The molecule has 0 atom stereocenters. The van der Waals surface area contributed by atoms with Crippen molar-refractivity contribution in [3.05, 3.63) is 53.1 Å². The minimum Gasteiger partial charge on any atom is -0.484 e. The molecule has 3 rings (SSSR count). The summed E-state index contributed by atoms with van der Waals surface area (Å²) in [5, 5.41) is 2.95. The number of rotatable bonds is 6. The third-order valence-electron chi connectivity index (χ3n) is 4.73. The summed E-state index contributed by atoms with van der Waals surface area (Å²) in [6.45, 7) is 8.98. The topological polar surface area (TPSA) is 56.8 Å². The molecule has 0 unspecified atom stereocenters. The van der Waals surface area contributed by atoms with Crippen LogP contribution in [0.4, 0.5) is 0 Å². The van der Waals surface area contributed by atoms with Crippen molar-refractivity contribution in [1.29, 1.82) is 0 Å². The van der Waals surface area contributed by atoms with Gasteiger partial charge in [-0.2, -0.15) is 0 Å². The summed E-state index contributed by atoms with van der Waals surface area (Å²) in [6.07, 6.45) is 0. The molecule has 138 valence electrons. The molecule has 0 aromatic heterocycles. The Morgan fingerprint density at radius 2 is 1.85 bits per heavy atom. The van der Waals surface area contributed by atoms with Crippen LogP contribution in [0.15, 0.2) is 36.4 Å². The maximum atomic E-state index is 12.2. The highest BCUT2D eigenvalue weighted by Crippen LogP contribution is 2.36. The standard InChI is InChI=1S/C21H25NO4/c1-14-5-7-17(9-15(14)2)24-11-20(23)22-12-21(3,4)16-6-8-18-19(10-16)26-13-25-18/h5-10H,11-13H2,1-4H3,(H,22,23). The highest BCUT2D eigenvalue weighted by molar-refractivity contribution is 5.77. The van der Waals surface area contributed by atoms with Crippen LogP contribution in [0, 0.1) is 13.8 Å². The van der Waals surface area contributed by atoms with Gasteiger partial charge in [0.15, 0.2) is 18.1 Å². The molecule has 1 amide bonds. The molecule has 5 nitrogen and oxygen atoms in total. The van der Waals surface area contributed by atoms with Crippen molar-refractivity contribution in [3.8, 4) is 17.2 Å². The Morgan fingerprint density at radius 3 is 2.62 bits per heavy atom. The molecule has 26 heavy (non-hydrogen) atoms. The summed E-state index contributed by atoms with van der Waals surface area (Å²) in [7, 11) is 0. The molecule has 1 N–H and O–H groups in total. The first-order chi connectivity index (χ1) is 12.3. The van der Waals surface area contributed by atoms with Gasteiger partial charge in [0, 0.05) is 12.0 Å². The van der Waals surface area contributed by atoms with Crippen molar-refractivity contribution >= 4 is 5.91 Å². The lowest BCUT2D eigenvalue weighted by molar-refractivity contribution is -0.123. The lowest BCUT2D eigenvalue weighted by atomic mass is 9.84. The number of fused-ring (bicyclic) bond motifs is 1. The number of hydrogen-bond acceptors (Lipinski definition) is 4. The van der Waals surface area contributed by atoms with Crippen molar-refractivity contribution in [2.75, 3.05) is 19.9 Å². The maximum absolute atomic E-state index is 12.2. The molecular weight excluding hydrogens is 330 g/mol. The first-order valence-electron chi connectivity index (χ1n) is 8.72. The van der Waals surface area contributed by atoms with E-state index >= 15 is 0 Å². The van der Waals surface area contributed by atoms with Gasteiger partial charge in [-0.15, -0.1) is 0 Å². The van der Waals surface area contributed by atoms with Gasteiger partial charge in [-0.1, -0.05) is 26.0 Å². The zero-order valence-electron chi connectivity index (χ0n) is 15.7. The summed E-state index contributed by atoms with van der Waals surface area (Å²) < 4.78 is 16.4. The number of benzene rings is 2. The molecule has 1 aliphatic heterocycles. The molecule has 0 saturated heterocycles. The number of carbonyl (C=O) groups is 1.